The van der Waals surface area contributed by atoms with Crippen LogP contribution in [0.1, 0.15) is 25.5 Å². The fraction of sp³-hybridized carbons (Fsp3) is 0.533. The number of amides is 1. The summed E-state index contributed by atoms with van der Waals surface area (Å²) in [7, 11) is -2.05. The Kier molecular flexibility index (Phi) is 7.01. The summed E-state index contributed by atoms with van der Waals surface area (Å²) in [4.78, 5) is 12.4. The Morgan fingerprint density at radius 2 is 1.78 bits per heavy atom. The molecule has 0 spiro atoms. The normalized spacial score (nSPS) is 17.5. The first kappa shape index (κ1) is 19.9. The van der Waals surface area contributed by atoms with Crippen LogP contribution in [0.4, 0.5) is 0 Å². The monoisotopic (exact) mass is 361 g/mol. The maximum atomic E-state index is 12.2. The van der Waals surface area contributed by atoms with Crippen LogP contribution in [0.25, 0.3) is 0 Å². The maximum absolute atomic E-state index is 12.2. The number of benzene rings is 1. The third-order valence-electron chi connectivity index (χ3n) is 4.25. The highest BCUT2D eigenvalue weighted by molar-refractivity contribution is 7.89. The molecule has 0 aliphatic carbocycles. The molecule has 1 saturated heterocycles. The summed E-state index contributed by atoms with van der Waals surface area (Å²) in [6.45, 7) is 5.61. The molecule has 130 valence electrons. The van der Waals surface area contributed by atoms with Crippen LogP contribution in [0.3, 0.4) is 0 Å². The van der Waals surface area contributed by atoms with E-state index in [1.54, 1.807) is 24.3 Å². The molecule has 1 amide bonds. The largest absolute Gasteiger partial charge is 0.349 e. The fourth-order valence-corrected chi connectivity index (χ4v) is 3.09. The van der Waals surface area contributed by atoms with Gasteiger partial charge in [0.25, 0.3) is 0 Å². The second-order valence-electron chi connectivity index (χ2n) is 5.71. The van der Waals surface area contributed by atoms with Crippen molar-refractivity contribution in [1.29, 1.82) is 0 Å². The Morgan fingerprint density at radius 1 is 1.22 bits per heavy atom. The van der Waals surface area contributed by atoms with Crippen LogP contribution in [-0.4, -0.2) is 34.5 Å². The van der Waals surface area contributed by atoms with E-state index in [4.69, 9.17) is 0 Å². The molecule has 1 heterocycles. The number of rotatable bonds is 6. The molecule has 0 radical (unpaired) electrons. The van der Waals surface area contributed by atoms with Gasteiger partial charge in [-0.25, -0.2) is 13.1 Å². The first-order valence-electron chi connectivity index (χ1n) is 7.39. The Morgan fingerprint density at radius 3 is 2.22 bits per heavy atom. The van der Waals surface area contributed by atoms with Crippen LogP contribution in [-0.2, 0) is 14.8 Å². The summed E-state index contributed by atoms with van der Waals surface area (Å²) in [5.41, 5.74) is 0.877. The van der Waals surface area contributed by atoms with Crippen LogP contribution in [0.2, 0.25) is 0 Å². The highest BCUT2D eigenvalue weighted by Crippen LogP contribution is 2.19. The molecule has 8 heteroatoms. The summed E-state index contributed by atoms with van der Waals surface area (Å²) < 4.78 is 25.6. The molecule has 3 N–H and O–H groups in total. The highest BCUT2D eigenvalue weighted by atomic mass is 35.5. The molecule has 23 heavy (non-hydrogen) atoms. The van der Waals surface area contributed by atoms with Crippen LogP contribution in [0.5, 0.6) is 0 Å². The molecule has 2 unspecified atom stereocenters. The van der Waals surface area contributed by atoms with Gasteiger partial charge < -0.3 is 10.6 Å². The zero-order valence-electron chi connectivity index (χ0n) is 13.5. The molecule has 6 nitrogen and oxygen atoms in total. The molecule has 2 rings (SSSR count). The summed E-state index contributed by atoms with van der Waals surface area (Å²) in [5.74, 6) is 0.411. The molecule has 0 bridgehead atoms. The van der Waals surface area contributed by atoms with Crippen molar-refractivity contribution < 1.29 is 13.2 Å². The predicted molar refractivity (Wildman–Crippen MR) is 92.0 cm³/mol. The van der Waals surface area contributed by atoms with E-state index in [2.05, 4.69) is 15.4 Å². The predicted octanol–water partition coefficient (Wildman–Crippen LogP) is 1.05. The summed E-state index contributed by atoms with van der Waals surface area (Å²) >= 11 is 0. The van der Waals surface area contributed by atoms with E-state index in [0.29, 0.717) is 5.92 Å². The molecule has 2 atom stereocenters. The minimum Gasteiger partial charge on any atom is -0.349 e. The van der Waals surface area contributed by atoms with Gasteiger partial charge in [-0.1, -0.05) is 19.1 Å². The van der Waals surface area contributed by atoms with Crippen LogP contribution < -0.4 is 15.4 Å². The summed E-state index contributed by atoms with van der Waals surface area (Å²) in [6.07, 6.45) is 0. The van der Waals surface area contributed by atoms with E-state index in [9.17, 15) is 13.2 Å². The average molecular weight is 362 g/mol. The molecule has 1 aliphatic heterocycles. The zero-order valence-corrected chi connectivity index (χ0v) is 15.1. The standard InChI is InChI=1S/C15H23N3O3S.ClH/c1-10(13-8-17-9-13)15(19)18-11(2)12-4-6-14(7-5-12)22(20,21)16-3;/h4-7,10-11,13,16-17H,8-9H2,1-3H3,(H,18,19);1H. The van der Waals surface area contributed by atoms with E-state index in [0.717, 1.165) is 18.7 Å². The third kappa shape index (κ3) is 4.67. The van der Waals surface area contributed by atoms with Gasteiger partial charge in [-0.05, 0) is 50.7 Å². The minimum absolute atomic E-state index is 0. The van der Waals surface area contributed by atoms with Crippen LogP contribution in [0.15, 0.2) is 29.2 Å². The minimum atomic E-state index is -3.43. The second kappa shape index (κ2) is 8.10. The Balaban J connectivity index is 0.00000264. The molecule has 1 aliphatic rings. The molecule has 1 aromatic rings. The molecular formula is C15H24ClN3O3S. The van der Waals surface area contributed by atoms with Crippen LogP contribution in [0, 0.1) is 11.8 Å². The molecular weight excluding hydrogens is 338 g/mol. The van der Waals surface area contributed by atoms with Crippen molar-refractivity contribution in [2.45, 2.75) is 24.8 Å². The number of sulfonamides is 1. The van der Waals surface area contributed by atoms with Crippen molar-refractivity contribution in [3.63, 3.8) is 0 Å². The lowest BCUT2D eigenvalue weighted by molar-refractivity contribution is -0.127. The van der Waals surface area contributed by atoms with Crippen LogP contribution >= 0.6 is 12.4 Å². The van der Waals surface area contributed by atoms with Crippen molar-refractivity contribution in [3.05, 3.63) is 29.8 Å². The topological polar surface area (TPSA) is 87.3 Å². The van der Waals surface area contributed by atoms with Gasteiger partial charge in [0, 0.05) is 5.92 Å². The summed E-state index contributed by atoms with van der Waals surface area (Å²) in [5, 5.41) is 6.15. The quantitative estimate of drug-likeness (QED) is 0.706. The second-order valence-corrected chi connectivity index (χ2v) is 7.60. The number of nitrogens with one attached hydrogen (secondary N) is 3. The van der Waals surface area contributed by atoms with E-state index in [-0.39, 0.29) is 35.2 Å². The lowest BCUT2D eigenvalue weighted by Crippen LogP contribution is -2.49. The number of carbonyl (C=O) groups is 1. The molecule has 0 aromatic heterocycles. The first-order chi connectivity index (χ1) is 10.3. The van der Waals surface area contributed by atoms with Crippen molar-refractivity contribution in [3.8, 4) is 0 Å². The fourth-order valence-electron chi connectivity index (χ4n) is 2.36. The summed E-state index contributed by atoms with van der Waals surface area (Å²) in [6, 6.07) is 6.39. The number of halogens is 1. The number of hydrogen-bond acceptors (Lipinski definition) is 4. The lowest BCUT2D eigenvalue weighted by Gasteiger charge is -2.32. The van der Waals surface area contributed by atoms with Crippen molar-refractivity contribution >= 4 is 28.3 Å². The van der Waals surface area contributed by atoms with Gasteiger partial charge in [0.1, 0.15) is 0 Å². The van der Waals surface area contributed by atoms with E-state index < -0.39 is 10.0 Å². The first-order valence-corrected chi connectivity index (χ1v) is 8.88. The Labute approximate surface area is 143 Å². The smallest absolute Gasteiger partial charge is 0.240 e. The number of carbonyl (C=O) groups excluding carboxylic acids is 1. The molecule has 1 fully saturated rings. The molecule has 1 aromatic carbocycles. The highest BCUT2D eigenvalue weighted by Gasteiger charge is 2.29. The maximum Gasteiger partial charge on any atom is 0.240 e. The van der Waals surface area contributed by atoms with Gasteiger partial charge in [-0.3, -0.25) is 4.79 Å². The number of hydrogen-bond donors (Lipinski definition) is 3. The van der Waals surface area contributed by atoms with Gasteiger partial charge >= 0.3 is 0 Å². The zero-order chi connectivity index (χ0) is 16.3. The van der Waals surface area contributed by atoms with Gasteiger partial charge in [0.2, 0.25) is 15.9 Å². The van der Waals surface area contributed by atoms with Crippen molar-refractivity contribution in [2.75, 3.05) is 20.1 Å². The average Bonchev–Trinajstić information content (AvgIpc) is 2.45. The van der Waals surface area contributed by atoms with Gasteiger partial charge in [0.15, 0.2) is 0 Å². The lowest BCUT2D eigenvalue weighted by atomic mass is 9.88. The van der Waals surface area contributed by atoms with Crippen molar-refractivity contribution in [2.24, 2.45) is 11.8 Å². The van der Waals surface area contributed by atoms with Crippen molar-refractivity contribution in [1.82, 2.24) is 15.4 Å². The third-order valence-corrected chi connectivity index (χ3v) is 5.68. The Bertz CT molecular complexity index is 630. The SMILES string of the molecule is CNS(=O)(=O)c1ccc(C(C)NC(=O)C(C)C2CNC2)cc1.Cl. The van der Waals surface area contributed by atoms with E-state index in [1.807, 2.05) is 13.8 Å². The molecule has 0 saturated carbocycles. The van der Waals surface area contributed by atoms with E-state index >= 15 is 0 Å². The van der Waals surface area contributed by atoms with Gasteiger partial charge in [-0.15, -0.1) is 12.4 Å². The van der Waals surface area contributed by atoms with Gasteiger partial charge in [0.05, 0.1) is 10.9 Å². The Hall–Kier alpha value is -1.15. The van der Waals surface area contributed by atoms with E-state index in [1.165, 1.54) is 7.05 Å². The van der Waals surface area contributed by atoms with Gasteiger partial charge in [-0.2, -0.15) is 0 Å².